The van der Waals surface area contributed by atoms with Crippen molar-refractivity contribution in [1.82, 2.24) is 14.8 Å². The maximum Gasteiger partial charge on any atom is 0.0766 e. The lowest BCUT2D eigenvalue weighted by Crippen LogP contribution is -2.16. The molecular formula is C14H19BrN4. The van der Waals surface area contributed by atoms with Crippen LogP contribution in [0.5, 0.6) is 0 Å². The average molecular weight is 323 g/mol. The standard InChI is InChI=1S/C14H19BrN4/c1-4-12-14(15)13(19(3)18-12)8-11(16)10-5-6-17-9(2)7-10/h5-7,11H,4,8,16H2,1-3H3. The van der Waals surface area contributed by atoms with Crippen molar-refractivity contribution in [3.05, 3.63) is 45.4 Å². The molecule has 0 aliphatic heterocycles. The molecule has 2 rings (SSSR count). The molecule has 5 heteroatoms. The van der Waals surface area contributed by atoms with Gasteiger partial charge in [-0.25, -0.2) is 0 Å². The number of nitrogens with zero attached hydrogens (tertiary/aromatic N) is 3. The SMILES string of the molecule is CCc1nn(C)c(CC(N)c2ccnc(C)c2)c1Br. The summed E-state index contributed by atoms with van der Waals surface area (Å²) in [5, 5.41) is 4.49. The average Bonchev–Trinajstić information content (AvgIpc) is 2.66. The van der Waals surface area contributed by atoms with Gasteiger partial charge in [0.25, 0.3) is 0 Å². The molecule has 0 aliphatic carbocycles. The minimum atomic E-state index is -0.0434. The molecular weight excluding hydrogens is 304 g/mol. The van der Waals surface area contributed by atoms with E-state index in [1.165, 1.54) is 0 Å². The minimum absolute atomic E-state index is 0.0434. The molecule has 0 saturated heterocycles. The normalized spacial score (nSPS) is 12.7. The summed E-state index contributed by atoms with van der Waals surface area (Å²) in [7, 11) is 1.96. The molecule has 0 aromatic carbocycles. The van der Waals surface area contributed by atoms with Crippen LogP contribution >= 0.6 is 15.9 Å². The Morgan fingerprint density at radius 1 is 1.47 bits per heavy atom. The molecule has 2 aromatic rings. The molecule has 1 atom stereocenters. The van der Waals surface area contributed by atoms with Crippen molar-refractivity contribution in [3.8, 4) is 0 Å². The lowest BCUT2D eigenvalue weighted by atomic mass is 10.0. The first-order valence-corrected chi connectivity index (χ1v) is 7.20. The number of rotatable bonds is 4. The van der Waals surface area contributed by atoms with E-state index in [2.05, 4.69) is 32.9 Å². The van der Waals surface area contributed by atoms with Gasteiger partial charge in [-0.05, 0) is 47.0 Å². The van der Waals surface area contributed by atoms with Crippen LogP contribution in [0.2, 0.25) is 0 Å². The largest absolute Gasteiger partial charge is 0.324 e. The fraction of sp³-hybridized carbons (Fsp3) is 0.429. The predicted molar refractivity (Wildman–Crippen MR) is 79.9 cm³/mol. The van der Waals surface area contributed by atoms with Crippen molar-refractivity contribution >= 4 is 15.9 Å². The summed E-state index contributed by atoms with van der Waals surface area (Å²) < 4.78 is 3.00. The molecule has 0 spiro atoms. The van der Waals surface area contributed by atoms with Crippen molar-refractivity contribution in [2.45, 2.75) is 32.7 Å². The lowest BCUT2D eigenvalue weighted by molar-refractivity contribution is 0.636. The lowest BCUT2D eigenvalue weighted by Gasteiger charge is -2.13. The Balaban J connectivity index is 2.24. The molecule has 102 valence electrons. The maximum atomic E-state index is 6.29. The van der Waals surface area contributed by atoms with Crippen LogP contribution in [0.4, 0.5) is 0 Å². The molecule has 1 unspecified atom stereocenters. The van der Waals surface area contributed by atoms with Crippen LogP contribution in [0.3, 0.4) is 0 Å². The van der Waals surface area contributed by atoms with Gasteiger partial charge in [0.2, 0.25) is 0 Å². The fourth-order valence-electron chi connectivity index (χ4n) is 2.17. The Bertz CT molecular complexity index is 577. The van der Waals surface area contributed by atoms with Crippen molar-refractivity contribution in [2.75, 3.05) is 0 Å². The number of halogens is 1. The van der Waals surface area contributed by atoms with Gasteiger partial charge in [0, 0.05) is 31.4 Å². The van der Waals surface area contributed by atoms with Gasteiger partial charge in [0.05, 0.1) is 15.9 Å². The second-order valence-corrected chi connectivity index (χ2v) is 5.52. The highest BCUT2D eigenvalue weighted by molar-refractivity contribution is 9.10. The Morgan fingerprint density at radius 3 is 2.79 bits per heavy atom. The van der Waals surface area contributed by atoms with Gasteiger partial charge < -0.3 is 5.73 Å². The van der Waals surface area contributed by atoms with Gasteiger partial charge in [-0.15, -0.1) is 0 Å². The van der Waals surface area contributed by atoms with Crippen molar-refractivity contribution in [1.29, 1.82) is 0 Å². The first-order chi connectivity index (χ1) is 9.02. The molecule has 19 heavy (non-hydrogen) atoms. The first kappa shape index (κ1) is 14.2. The summed E-state index contributed by atoms with van der Waals surface area (Å²) in [6, 6.07) is 3.97. The first-order valence-electron chi connectivity index (χ1n) is 6.41. The summed E-state index contributed by atoms with van der Waals surface area (Å²) in [5.41, 5.74) is 10.6. The molecule has 2 heterocycles. The highest BCUT2D eigenvalue weighted by atomic mass is 79.9. The molecule has 0 bridgehead atoms. The number of hydrogen-bond acceptors (Lipinski definition) is 3. The smallest absolute Gasteiger partial charge is 0.0766 e. The van der Waals surface area contributed by atoms with Crippen molar-refractivity contribution < 1.29 is 0 Å². The van der Waals surface area contributed by atoms with Gasteiger partial charge >= 0.3 is 0 Å². The van der Waals surface area contributed by atoms with Crippen LogP contribution in [0, 0.1) is 6.92 Å². The second-order valence-electron chi connectivity index (χ2n) is 4.73. The number of aromatic nitrogens is 3. The number of aryl methyl sites for hydroxylation is 3. The number of nitrogens with two attached hydrogens (primary N) is 1. The van der Waals surface area contributed by atoms with Crippen LogP contribution < -0.4 is 5.73 Å². The topological polar surface area (TPSA) is 56.7 Å². The monoisotopic (exact) mass is 322 g/mol. The van der Waals surface area contributed by atoms with Crippen LogP contribution in [0.25, 0.3) is 0 Å². The van der Waals surface area contributed by atoms with Crippen molar-refractivity contribution in [2.24, 2.45) is 12.8 Å². The fourth-order valence-corrected chi connectivity index (χ4v) is 2.94. The van der Waals surface area contributed by atoms with E-state index in [0.717, 1.165) is 40.0 Å². The van der Waals surface area contributed by atoms with Gasteiger partial charge in [-0.3, -0.25) is 9.67 Å². The highest BCUT2D eigenvalue weighted by Gasteiger charge is 2.16. The van der Waals surface area contributed by atoms with Gasteiger partial charge in [0.1, 0.15) is 0 Å². The quantitative estimate of drug-likeness (QED) is 0.941. The third-order valence-corrected chi connectivity index (χ3v) is 4.18. The van der Waals surface area contributed by atoms with E-state index in [1.807, 2.05) is 30.8 Å². The third-order valence-electron chi connectivity index (χ3n) is 3.27. The van der Waals surface area contributed by atoms with Crippen LogP contribution in [-0.2, 0) is 19.9 Å². The molecule has 2 N–H and O–H groups in total. The maximum absolute atomic E-state index is 6.29. The molecule has 0 fully saturated rings. The molecule has 0 saturated carbocycles. The van der Waals surface area contributed by atoms with E-state index in [4.69, 9.17) is 5.73 Å². The highest BCUT2D eigenvalue weighted by Crippen LogP contribution is 2.25. The van der Waals surface area contributed by atoms with E-state index < -0.39 is 0 Å². The van der Waals surface area contributed by atoms with Gasteiger partial charge in [-0.2, -0.15) is 5.10 Å². The van der Waals surface area contributed by atoms with E-state index in [0.29, 0.717) is 0 Å². The molecule has 0 amide bonds. The van der Waals surface area contributed by atoms with Gasteiger partial charge in [0.15, 0.2) is 0 Å². The summed E-state index contributed by atoms with van der Waals surface area (Å²) in [6.07, 6.45) is 3.48. The summed E-state index contributed by atoms with van der Waals surface area (Å²) >= 11 is 3.63. The molecule has 0 aliphatic rings. The third kappa shape index (κ3) is 3.04. The van der Waals surface area contributed by atoms with E-state index in [9.17, 15) is 0 Å². The van der Waals surface area contributed by atoms with Gasteiger partial charge in [-0.1, -0.05) is 6.92 Å². The Kier molecular flexibility index (Phi) is 4.37. The number of hydrogen-bond donors (Lipinski definition) is 1. The summed E-state index contributed by atoms with van der Waals surface area (Å²) in [4.78, 5) is 4.20. The van der Waals surface area contributed by atoms with E-state index >= 15 is 0 Å². The molecule has 2 aromatic heterocycles. The van der Waals surface area contributed by atoms with E-state index in [-0.39, 0.29) is 6.04 Å². The second kappa shape index (κ2) is 5.84. The number of pyridine rings is 1. The van der Waals surface area contributed by atoms with E-state index in [1.54, 1.807) is 6.20 Å². The predicted octanol–water partition coefficient (Wildman–Crippen LogP) is 2.69. The zero-order chi connectivity index (χ0) is 14.0. The zero-order valence-electron chi connectivity index (χ0n) is 11.5. The molecule has 0 radical (unpaired) electrons. The van der Waals surface area contributed by atoms with Crippen LogP contribution in [0.1, 0.15) is 35.6 Å². The zero-order valence-corrected chi connectivity index (χ0v) is 13.1. The molecule has 4 nitrogen and oxygen atoms in total. The minimum Gasteiger partial charge on any atom is -0.324 e. The Hall–Kier alpha value is -1.20. The van der Waals surface area contributed by atoms with Crippen LogP contribution in [-0.4, -0.2) is 14.8 Å². The van der Waals surface area contributed by atoms with Crippen LogP contribution in [0.15, 0.2) is 22.8 Å². The summed E-state index contributed by atoms with van der Waals surface area (Å²) in [5.74, 6) is 0. The Labute approximate surface area is 122 Å². The summed E-state index contributed by atoms with van der Waals surface area (Å²) in [6.45, 7) is 4.08. The van der Waals surface area contributed by atoms with Crippen molar-refractivity contribution in [3.63, 3.8) is 0 Å². The Morgan fingerprint density at radius 2 is 2.21 bits per heavy atom.